The summed E-state index contributed by atoms with van der Waals surface area (Å²) < 4.78 is 26.1. The number of hydrogen-bond donors (Lipinski definition) is 0. The lowest BCUT2D eigenvalue weighted by Gasteiger charge is -2.31. The van der Waals surface area contributed by atoms with Gasteiger partial charge in [-0.05, 0) is 43.2 Å². The van der Waals surface area contributed by atoms with Crippen molar-refractivity contribution in [1.82, 2.24) is 4.98 Å². The minimum Gasteiger partial charge on any atom is -0.348 e. The molecule has 1 saturated heterocycles. The van der Waals surface area contributed by atoms with Gasteiger partial charge in [0.2, 0.25) is 0 Å². The first-order valence-electron chi connectivity index (χ1n) is 9.10. The lowest BCUT2D eigenvalue weighted by atomic mass is 10.1. The number of piperidine rings is 1. The molecule has 0 unspecified atom stereocenters. The Labute approximate surface area is 199 Å². The molecular weight excluding hydrogens is 506 g/mol. The number of aromatic nitrogens is 1. The van der Waals surface area contributed by atoms with Crippen molar-refractivity contribution in [2.24, 2.45) is 0 Å². The molecule has 4 nitrogen and oxygen atoms in total. The highest BCUT2D eigenvalue weighted by Crippen LogP contribution is 2.35. The molecule has 0 amide bonds. The van der Waals surface area contributed by atoms with E-state index in [4.69, 9.17) is 51.4 Å². The van der Waals surface area contributed by atoms with E-state index in [0.717, 1.165) is 16.4 Å². The molecule has 1 aromatic heterocycles. The van der Waals surface area contributed by atoms with Gasteiger partial charge in [0.25, 0.3) is 0 Å². The van der Waals surface area contributed by atoms with Gasteiger partial charge in [-0.25, -0.2) is 13.4 Å². The van der Waals surface area contributed by atoms with E-state index in [0.29, 0.717) is 41.0 Å². The summed E-state index contributed by atoms with van der Waals surface area (Å²) in [6, 6.07) is 9.94. The van der Waals surface area contributed by atoms with E-state index in [1.165, 1.54) is 23.5 Å². The van der Waals surface area contributed by atoms with Crippen molar-refractivity contribution >= 4 is 72.7 Å². The Morgan fingerprint density at radius 3 is 2.33 bits per heavy atom. The molecule has 0 radical (unpaired) electrons. The summed E-state index contributed by atoms with van der Waals surface area (Å²) in [5.74, 6) is 0. The molecule has 1 fully saturated rings. The van der Waals surface area contributed by atoms with E-state index in [2.05, 4.69) is 4.90 Å². The molecule has 1 aliphatic rings. The Kier molecular flexibility index (Phi) is 6.54. The number of hydrogen-bond acceptors (Lipinski definition) is 5. The smallest absolute Gasteiger partial charge is 0.185 e. The monoisotopic (exact) mass is 520 g/mol. The fourth-order valence-electron chi connectivity index (χ4n) is 3.43. The zero-order chi connectivity index (χ0) is 21.5. The quantitative estimate of drug-likeness (QED) is 0.376. The molecule has 3 aromatic rings. The molecule has 0 aliphatic carbocycles. The Bertz CT molecular complexity index is 1190. The van der Waals surface area contributed by atoms with Crippen molar-refractivity contribution < 1.29 is 8.42 Å². The van der Waals surface area contributed by atoms with Crippen LogP contribution < -0.4 is 4.90 Å². The highest BCUT2D eigenvalue weighted by molar-refractivity contribution is 7.92. The normalized spacial score (nSPS) is 15.5. The minimum absolute atomic E-state index is 0.103. The van der Waals surface area contributed by atoms with Crippen LogP contribution in [-0.2, 0) is 9.84 Å². The number of benzene rings is 2. The molecule has 0 bridgehead atoms. The summed E-state index contributed by atoms with van der Waals surface area (Å²) in [6.45, 7) is 1.19. The third kappa shape index (κ3) is 4.45. The van der Waals surface area contributed by atoms with Crippen molar-refractivity contribution in [3.05, 3.63) is 61.9 Å². The first kappa shape index (κ1) is 22.2. The molecule has 4 rings (SSSR count). The van der Waals surface area contributed by atoms with Gasteiger partial charge in [-0.1, -0.05) is 52.5 Å². The Hall–Kier alpha value is -1.02. The summed E-state index contributed by atoms with van der Waals surface area (Å²) >= 11 is 25.7. The number of sulfone groups is 1. The van der Waals surface area contributed by atoms with Crippen LogP contribution in [0.25, 0.3) is 11.3 Å². The number of halogens is 4. The summed E-state index contributed by atoms with van der Waals surface area (Å²) in [5.41, 5.74) is 1.70. The van der Waals surface area contributed by atoms with Crippen LogP contribution in [0.2, 0.25) is 20.1 Å². The van der Waals surface area contributed by atoms with Gasteiger partial charge in [-0.3, -0.25) is 0 Å². The molecule has 2 aromatic carbocycles. The molecule has 2 heterocycles. The number of anilines is 1. The highest BCUT2D eigenvalue weighted by Gasteiger charge is 2.33. The van der Waals surface area contributed by atoms with Crippen molar-refractivity contribution in [3.8, 4) is 11.3 Å². The summed E-state index contributed by atoms with van der Waals surface area (Å²) in [7, 11) is -3.55. The van der Waals surface area contributed by atoms with Crippen LogP contribution in [0.4, 0.5) is 5.13 Å². The first-order valence-corrected chi connectivity index (χ1v) is 13.0. The molecule has 1 aliphatic heterocycles. The van der Waals surface area contributed by atoms with Crippen LogP contribution in [0, 0.1) is 0 Å². The molecular formula is C20H16Cl4N2O2S2. The maximum Gasteiger partial charge on any atom is 0.185 e. The van der Waals surface area contributed by atoms with Gasteiger partial charge in [0.15, 0.2) is 15.0 Å². The lowest BCUT2D eigenvalue weighted by molar-refractivity contribution is 0.529. The standard InChI is InChI=1S/C20H16Cl4N2O2S2/c21-13-2-4-16(23)19(10-13)30(27,28)14-5-7-26(8-6-14)20-25-18(11-29-20)12-1-3-15(22)17(24)9-12/h1-4,9-11,14H,5-8H2. The fourth-order valence-corrected chi connectivity index (χ4v) is 7.11. The first-order chi connectivity index (χ1) is 14.3. The molecule has 0 saturated carbocycles. The Morgan fingerprint density at radius 1 is 0.933 bits per heavy atom. The van der Waals surface area contributed by atoms with Crippen LogP contribution in [0.1, 0.15) is 12.8 Å². The second-order valence-corrected chi connectivity index (χ2v) is 11.6. The van der Waals surface area contributed by atoms with Crippen LogP contribution >= 0.6 is 57.7 Å². The summed E-state index contributed by atoms with van der Waals surface area (Å²) in [6.07, 6.45) is 0.986. The summed E-state index contributed by atoms with van der Waals surface area (Å²) in [5, 5.41) is 3.85. The topological polar surface area (TPSA) is 50.3 Å². The van der Waals surface area contributed by atoms with Gasteiger partial charge < -0.3 is 4.90 Å². The van der Waals surface area contributed by atoms with Gasteiger partial charge in [-0.15, -0.1) is 11.3 Å². The Morgan fingerprint density at radius 2 is 1.63 bits per heavy atom. The van der Waals surface area contributed by atoms with E-state index < -0.39 is 15.1 Å². The molecule has 10 heteroatoms. The van der Waals surface area contributed by atoms with E-state index in [1.807, 2.05) is 11.4 Å². The van der Waals surface area contributed by atoms with Crippen molar-refractivity contribution in [2.45, 2.75) is 23.0 Å². The van der Waals surface area contributed by atoms with E-state index in [1.54, 1.807) is 18.2 Å². The Balaban J connectivity index is 1.48. The SMILES string of the molecule is O=S(=O)(c1cc(Cl)ccc1Cl)C1CCN(c2nc(-c3ccc(Cl)c(Cl)c3)cs2)CC1. The van der Waals surface area contributed by atoms with Crippen molar-refractivity contribution in [1.29, 1.82) is 0 Å². The second-order valence-electron chi connectivity index (χ2n) is 6.95. The van der Waals surface area contributed by atoms with Gasteiger partial charge in [0, 0.05) is 29.1 Å². The second kappa shape index (κ2) is 8.85. The molecule has 0 spiro atoms. The van der Waals surface area contributed by atoms with Gasteiger partial charge in [0.05, 0.1) is 30.9 Å². The van der Waals surface area contributed by atoms with Gasteiger partial charge in [-0.2, -0.15) is 0 Å². The van der Waals surface area contributed by atoms with E-state index in [-0.39, 0.29) is 9.92 Å². The third-order valence-electron chi connectivity index (χ3n) is 5.06. The van der Waals surface area contributed by atoms with Crippen LogP contribution in [0.3, 0.4) is 0 Å². The minimum atomic E-state index is -3.55. The zero-order valence-electron chi connectivity index (χ0n) is 15.5. The predicted molar refractivity (Wildman–Crippen MR) is 126 cm³/mol. The van der Waals surface area contributed by atoms with Gasteiger partial charge >= 0.3 is 0 Å². The van der Waals surface area contributed by atoms with Crippen LogP contribution in [-0.4, -0.2) is 31.7 Å². The van der Waals surface area contributed by atoms with E-state index in [9.17, 15) is 8.42 Å². The maximum atomic E-state index is 13.1. The van der Waals surface area contributed by atoms with Gasteiger partial charge in [0.1, 0.15) is 0 Å². The molecule has 158 valence electrons. The average molecular weight is 522 g/mol. The third-order valence-corrected chi connectivity index (χ3v) is 9.68. The van der Waals surface area contributed by atoms with E-state index >= 15 is 0 Å². The number of thiazole rings is 1. The lowest BCUT2D eigenvalue weighted by Crippen LogP contribution is -2.39. The van der Waals surface area contributed by atoms with Crippen molar-refractivity contribution in [2.75, 3.05) is 18.0 Å². The van der Waals surface area contributed by atoms with Crippen molar-refractivity contribution in [3.63, 3.8) is 0 Å². The molecule has 0 atom stereocenters. The summed E-state index contributed by atoms with van der Waals surface area (Å²) in [4.78, 5) is 6.91. The fraction of sp³-hybridized carbons (Fsp3) is 0.250. The zero-order valence-corrected chi connectivity index (χ0v) is 20.1. The highest BCUT2D eigenvalue weighted by atomic mass is 35.5. The molecule has 30 heavy (non-hydrogen) atoms. The predicted octanol–water partition coefficient (Wildman–Crippen LogP) is 6.87. The number of nitrogens with zero attached hydrogens (tertiary/aromatic N) is 2. The van der Waals surface area contributed by atoms with Crippen LogP contribution in [0.5, 0.6) is 0 Å². The average Bonchev–Trinajstić information content (AvgIpc) is 3.22. The largest absolute Gasteiger partial charge is 0.348 e. The van der Waals surface area contributed by atoms with Crippen LogP contribution in [0.15, 0.2) is 46.7 Å². The molecule has 0 N–H and O–H groups in total. The number of rotatable bonds is 4. The maximum absolute atomic E-state index is 13.1.